The number of anilines is 1. The summed E-state index contributed by atoms with van der Waals surface area (Å²) in [6.07, 6.45) is 1.23. The van der Waals surface area contributed by atoms with Gasteiger partial charge in [-0.15, -0.1) is 0 Å². The van der Waals surface area contributed by atoms with E-state index >= 15 is 0 Å². The van der Waals surface area contributed by atoms with Crippen molar-refractivity contribution in [2.75, 3.05) is 11.1 Å². The first-order chi connectivity index (χ1) is 13.5. The highest BCUT2D eigenvalue weighted by atomic mass is 32.2. The van der Waals surface area contributed by atoms with Gasteiger partial charge in [0.05, 0.1) is 10.9 Å². The van der Waals surface area contributed by atoms with E-state index in [0.717, 1.165) is 23.2 Å². The second kappa shape index (κ2) is 9.06. The summed E-state index contributed by atoms with van der Waals surface area (Å²) in [6, 6.07) is 13.4. The molecule has 0 radical (unpaired) electrons. The lowest BCUT2D eigenvalue weighted by molar-refractivity contribution is -0.115. The Morgan fingerprint density at radius 1 is 1.14 bits per heavy atom. The maximum absolute atomic E-state index is 12.7. The molecule has 3 aromatic rings. The molecule has 0 bridgehead atoms. The summed E-state index contributed by atoms with van der Waals surface area (Å²) in [7, 11) is 0. The van der Waals surface area contributed by atoms with Gasteiger partial charge >= 0.3 is 0 Å². The van der Waals surface area contributed by atoms with Crippen molar-refractivity contribution in [2.24, 2.45) is 0 Å². The van der Waals surface area contributed by atoms with E-state index in [0.29, 0.717) is 34.8 Å². The molecule has 28 heavy (non-hydrogen) atoms. The molecular formula is C22H25N3O2S. The zero-order valence-electron chi connectivity index (χ0n) is 16.5. The van der Waals surface area contributed by atoms with Gasteiger partial charge in [-0.3, -0.25) is 14.2 Å². The molecule has 1 N–H and O–H groups in total. The topological polar surface area (TPSA) is 64.0 Å². The van der Waals surface area contributed by atoms with Gasteiger partial charge in [0.25, 0.3) is 5.56 Å². The SMILES string of the molecule is CCc1cccc(C)c1NC(=O)CCSc1nc2ccccc2c(=O)n1CC. The summed E-state index contributed by atoms with van der Waals surface area (Å²) < 4.78 is 1.67. The molecule has 3 rings (SSSR count). The molecule has 1 heterocycles. The van der Waals surface area contributed by atoms with E-state index in [1.54, 1.807) is 10.6 Å². The zero-order valence-corrected chi connectivity index (χ0v) is 17.3. The normalized spacial score (nSPS) is 11.0. The Bertz CT molecular complexity index is 1060. The van der Waals surface area contributed by atoms with Crippen LogP contribution in [0, 0.1) is 6.92 Å². The smallest absolute Gasteiger partial charge is 0.262 e. The molecule has 0 aliphatic rings. The van der Waals surface area contributed by atoms with Gasteiger partial charge in [-0.2, -0.15) is 0 Å². The van der Waals surface area contributed by atoms with E-state index < -0.39 is 0 Å². The van der Waals surface area contributed by atoms with Crippen LogP contribution in [-0.2, 0) is 17.8 Å². The lowest BCUT2D eigenvalue weighted by Crippen LogP contribution is -2.22. The molecular weight excluding hydrogens is 370 g/mol. The number of para-hydroxylation sites is 2. The summed E-state index contributed by atoms with van der Waals surface area (Å²) >= 11 is 1.44. The van der Waals surface area contributed by atoms with E-state index in [1.807, 2.05) is 50.2 Å². The van der Waals surface area contributed by atoms with Gasteiger partial charge in [0, 0.05) is 24.4 Å². The number of aryl methyl sites for hydroxylation is 2. The second-order valence-electron chi connectivity index (χ2n) is 6.57. The Morgan fingerprint density at radius 2 is 1.93 bits per heavy atom. The summed E-state index contributed by atoms with van der Waals surface area (Å²) in [5.74, 6) is 0.534. The highest BCUT2D eigenvalue weighted by molar-refractivity contribution is 7.99. The Labute approximate surface area is 169 Å². The molecule has 1 amide bonds. The van der Waals surface area contributed by atoms with Gasteiger partial charge in [0.2, 0.25) is 5.91 Å². The highest BCUT2D eigenvalue weighted by Gasteiger charge is 2.12. The third-order valence-corrected chi connectivity index (χ3v) is 5.69. The summed E-state index contributed by atoms with van der Waals surface area (Å²) in [4.78, 5) is 29.7. The third-order valence-electron chi connectivity index (χ3n) is 4.71. The van der Waals surface area contributed by atoms with E-state index in [2.05, 4.69) is 17.2 Å². The van der Waals surface area contributed by atoms with Crippen LogP contribution in [-0.4, -0.2) is 21.2 Å². The Balaban J connectivity index is 1.70. The summed E-state index contributed by atoms with van der Waals surface area (Å²) in [5, 5.41) is 4.32. The number of carbonyl (C=O) groups excluding carboxylic acids is 1. The molecule has 1 aromatic heterocycles. The number of nitrogens with one attached hydrogen (secondary N) is 1. The fourth-order valence-corrected chi connectivity index (χ4v) is 4.18. The van der Waals surface area contributed by atoms with E-state index in [1.165, 1.54) is 11.8 Å². The molecule has 0 saturated carbocycles. The van der Waals surface area contributed by atoms with Crippen molar-refractivity contribution >= 4 is 34.3 Å². The van der Waals surface area contributed by atoms with Gasteiger partial charge in [-0.1, -0.05) is 49.0 Å². The van der Waals surface area contributed by atoms with Crippen LogP contribution in [0.15, 0.2) is 52.4 Å². The van der Waals surface area contributed by atoms with Gasteiger partial charge < -0.3 is 5.32 Å². The summed E-state index contributed by atoms with van der Waals surface area (Å²) in [5.41, 5.74) is 3.77. The van der Waals surface area contributed by atoms with Crippen LogP contribution in [0.4, 0.5) is 5.69 Å². The lowest BCUT2D eigenvalue weighted by atomic mass is 10.1. The van der Waals surface area contributed by atoms with Crippen molar-refractivity contribution in [3.05, 3.63) is 63.9 Å². The molecule has 0 saturated heterocycles. The molecule has 146 valence electrons. The fourth-order valence-electron chi connectivity index (χ4n) is 3.18. The minimum absolute atomic E-state index is 0.0253. The zero-order chi connectivity index (χ0) is 20.1. The van der Waals surface area contributed by atoms with Gasteiger partial charge in [0.1, 0.15) is 0 Å². The van der Waals surface area contributed by atoms with Crippen molar-refractivity contribution in [1.29, 1.82) is 0 Å². The van der Waals surface area contributed by atoms with Gasteiger partial charge in [-0.25, -0.2) is 4.98 Å². The predicted octanol–water partition coefficient (Wildman–Crippen LogP) is 4.41. The first kappa shape index (κ1) is 20.1. The van der Waals surface area contributed by atoms with E-state index in [-0.39, 0.29) is 11.5 Å². The lowest BCUT2D eigenvalue weighted by Gasteiger charge is -2.13. The van der Waals surface area contributed by atoms with Crippen LogP contribution in [0.1, 0.15) is 31.4 Å². The number of nitrogens with zero attached hydrogens (tertiary/aromatic N) is 2. The monoisotopic (exact) mass is 395 g/mol. The largest absolute Gasteiger partial charge is 0.326 e. The maximum Gasteiger partial charge on any atom is 0.262 e. The average Bonchev–Trinajstić information content (AvgIpc) is 2.70. The molecule has 6 heteroatoms. The Hall–Kier alpha value is -2.60. The van der Waals surface area contributed by atoms with Gasteiger partial charge in [0.15, 0.2) is 5.16 Å². The number of carbonyl (C=O) groups is 1. The first-order valence-corrected chi connectivity index (χ1v) is 10.5. The van der Waals surface area contributed by atoms with Crippen LogP contribution in [0.3, 0.4) is 0 Å². The Morgan fingerprint density at radius 3 is 2.68 bits per heavy atom. The van der Waals surface area contributed by atoms with Crippen molar-refractivity contribution in [3.63, 3.8) is 0 Å². The molecule has 5 nitrogen and oxygen atoms in total. The van der Waals surface area contributed by atoms with Crippen molar-refractivity contribution < 1.29 is 4.79 Å². The van der Waals surface area contributed by atoms with Crippen LogP contribution in [0.25, 0.3) is 10.9 Å². The molecule has 0 fully saturated rings. The third kappa shape index (κ3) is 4.28. The molecule has 0 unspecified atom stereocenters. The number of thioether (sulfide) groups is 1. The van der Waals surface area contributed by atoms with E-state index in [4.69, 9.17) is 0 Å². The molecule has 2 aromatic carbocycles. The minimum Gasteiger partial charge on any atom is -0.326 e. The number of amides is 1. The first-order valence-electron chi connectivity index (χ1n) is 9.55. The minimum atomic E-state index is -0.0347. The predicted molar refractivity (Wildman–Crippen MR) is 116 cm³/mol. The molecule has 0 spiro atoms. The fraction of sp³-hybridized carbons (Fsp3) is 0.318. The number of aromatic nitrogens is 2. The quantitative estimate of drug-likeness (QED) is 0.475. The summed E-state index contributed by atoms with van der Waals surface area (Å²) in [6.45, 7) is 6.56. The average molecular weight is 396 g/mol. The van der Waals surface area contributed by atoms with Crippen LogP contribution in [0.5, 0.6) is 0 Å². The van der Waals surface area contributed by atoms with Crippen molar-refractivity contribution in [3.8, 4) is 0 Å². The van der Waals surface area contributed by atoms with Crippen LogP contribution >= 0.6 is 11.8 Å². The van der Waals surface area contributed by atoms with Crippen LogP contribution in [0.2, 0.25) is 0 Å². The maximum atomic E-state index is 12.7. The number of hydrogen-bond acceptors (Lipinski definition) is 4. The van der Waals surface area contributed by atoms with Crippen LogP contribution < -0.4 is 10.9 Å². The number of benzene rings is 2. The molecule has 0 atom stereocenters. The number of rotatable bonds is 7. The molecule has 0 aliphatic heterocycles. The Kier molecular flexibility index (Phi) is 6.52. The van der Waals surface area contributed by atoms with Crippen molar-refractivity contribution in [1.82, 2.24) is 9.55 Å². The number of hydrogen-bond donors (Lipinski definition) is 1. The highest BCUT2D eigenvalue weighted by Crippen LogP contribution is 2.22. The van der Waals surface area contributed by atoms with Crippen molar-refractivity contribution in [2.45, 2.75) is 45.3 Å². The number of fused-ring (bicyclic) bond motifs is 1. The molecule has 0 aliphatic carbocycles. The van der Waals surface area contributed by atoms with Gasteiger partial charge in [-0.05, 0) is 43.5 Å². The second-order valence-corrected chi connectivity index (χ2v) is 7.63. The van der Waals surface area contributed by atoms with E-state index in [9.17, 15) is 9.59 Å². The standard InChI is InChI=1S/C22H25N3O2S/c1-4-16-10-8-9-15(3)20(16)24-19(26)13-14-28-22-23-18-12-7-6-11-17(18)21(27)25(22)5-2/h6-12H,4-5,13-14H2,1-3H3,(H,24,26).